The van der Waals surface area contributed by atoms with Crippen LogP contribution >= 0.6 is 11.6 Å². The topological polar surface area (TPSA) is 81.3 Å². The number of aryl methyl sites for hydroxylation is 1. The molecule has 1 saturated heterocycles. The van der Waals surface area contributed by atoms with Gasteiger partial charge in [-0.2, -0.15) is 0 Å². The predicted molar refractivity (Wildman–Crippen MR) is 131 cm³/mol. The number of anilines is 1. The van der Waals surface area contributed by atoms with Crippen molar-refractivity contribution < 1.29 is 13.6 Å². The van der Waals surface area contributed by atoms with Gasteiger partial charge in [0.05, 0.1) is 16.8 Å². The molecular weight excluding hydrogens is 476 g/mol. The van der Waals surface area contributed by atoms with Gasteiger partial charge in [-0.05, 0) is 44.4 Å². The number of rotatable bonds is 5. The smallest absolute Gasteiger partial charge is 0.269 e. The first-order valence-electron chi connectivity index (χ1n) is 11.8. The number of hydrogen-bond acceptors (Lipinski definition) is 5. The highest BCUT2D eigenvalue weighted by atomic mass is 35.5. The predicted octanol–water partition coefficient (Wildman–Crippen LogP) is 3.77. The van der Waals surface area contributed by atoms with Crippen molar-refractivity contribution >= 4 is 34.2 Å². The number of carbonyl (C=O) groups is 1. The fourth-order valence-corrected chi connectivity index (χ4v) is 4.83. The first-order chi connectivity index (χ1) is 16.8. The second-order valence-corrected chi connectivity index (χ2v) is 9.59. The molecule has 0 bridgehead atoms. The summed E-state index contributed by atoms with van der Waals surface area (Å²) in [7, 11) is 0. The number of halogens is 3. The molecule has 1 aromatic heterocycles. The van der Waals surface area contributed by atoms with Crippen LogP contribution in [0.5, 0.6) is 0 Å². The number of benzene rings is 2. The van der Waals surface area contributed by atoms with E-state index < -0.39 is 23.1 Å². The van der Waals surface area contributed by atoms with Crippen LogP contribution in [0.25, 0.3) is 11.0 Å². The Balaban J connectivity index is 1.25. The van der Waals surface area contributed by atoms with Crippen molar-refractivity contribution in [3.8, 4) is 0 Å². The van der Waals surface area contributed by atoms with Crippen LogP contribution < -0.4 is 15.8 Å². The summed E-state index contributed by atoms with van der Waals surface area (Å²) in [6.45, 7) is 4.32. The Morgan fingerprint density at radius 2 is 1.89 bits per heavy atom. The van der Waals surface area contributed by atoms with Crippen molar-refractivity contribution in [1.82, 2.24) is 20.2 Å². The van der Waals surface area contributed by atoms with Crippen LogP contribution in [-0.4, -0.2) is 53.0 Å². The van der Waals surface area contributed by atoms with Crippen LogP contribution in [0.4, 0.5) is 14.5 Å². The molecule has 1 amide bonds. The number of carbonyl (C=O) groups excluding carboxylic acids is 1. The van der Waals surface area contributed by atoms with Gasteiger partial charge in [0, 0.05) is 44.3 Å². The number of H-pyrrole nitrogens is 1. The van der Waals surface area contributed by atoms with Gasteiger partial charge in [0.25, 0.3) is 11.5 Å². The maximum atomic E-state index is 15.0. The summed E-state index contributed by atoms with van der Waals surface area (Å²) < 4.78 is 30.0. The molecule has 2 aromatic carbocycles. The molecule has 0 atom stereocenters. The Bertz CT molecular complexity index is 1350. The SMILES string of the molecule is Cc1nc2ccc(CN3CCN(c4ccc(C(=O)NC5CCC5)c(F)c4Cl)CC3)c(F)c2[nH]c1=O. The number of aromatic amines is 1. The number of aromatic nitrogens is 2. The highest BCUT2D eigenvalue weighted by molar-refractivity contribution is 6.33. The van der Waals surface area contributed by atoms with Crippen molar-refractivity contribution in [3.63, 3.8) is 0 Å². The van der Waals surface area contributed by atoms with Gasteiger partial charge < -0.3 is 15.2 Å². The largest absolute Gasteiger partial charge is 0.368 e. The highest BCUT2D eigenvalue weighted by Gasteiger charge is 2.26. The van der Waals surface area contributed by atoms with E-state index in [1.165, 1.54) is 6.07 Å². The van der Waals surface area contributed by atoms with Crippen LogP contribution in [-0.2, 0) is 6.54 Å². The second-order valence-electron chi connectivity index (χ2n) is 9.21. The van der Waals surface area contributed by atoms with Gasteiger partial charge in [-0.1, -0.05) is 17.7 Å². The number of piperazine rings is 1. The molecule has 10 heteroatoms. The molecule has 2 fully saturated rings. The highest BCUT2D eigenvalue weighted by Crippen LogP contribution is 2.32. The summed E-state index contributed by atoms with van der Waals surface area (Å²) in [6.07, 6.45) is 2.91. The minimum Gasteiger partial charge on any atom is -0.368 e. The Labute approximate surface area is 206 Å². The van der Waals surface area contributed by atoms with Gasteiger partial charge in [-0.3, -0.25) is 14.5 Å². The molecule has 2 aliphatic rings. The fourth-order valence-electron chi connectivity index (χ4n) is 4.54. The van der Waals surface area contributed by atoms with E-state index in [2.05, 4.69) is 20.2 Å². The van der Waals surface area contributed by atoms with Gasteiger partial charge in [-0.25, -0.2) is 13.8 Å². The number of nitrogens with one attached hydrogen (secondary N) is 2. The number of hydrogen-bond donors (Lipinski definition) is 2. The summed E-state index contributed by atoms with van der Waals surface area (Å²) in [4.78, 5) is 35.0. The minimum absolute atomic E-state index is 0.0428. The summed E-state index contributed by atoms with van der Waals surface area (Å²) in [5.74, 6) is -1.62. The summed E-state index contributed by atoms with van der Waals surface area (Å²) in [5, 5.41) is 2.78. The number of amides is 1. The van der Waals surface area contributed by atoms with Crippen LogP contribution in [0, 0.1) is 18.6 Å². The standard InChI is InChI=1S/C25H26ClF2N5O2/c1-14-24(34)31-23-18(29-14)7-5-15(21(23)27)13-32-9-11-33(12-10-32)19-8-6-17(22(28)20(19)26)25(35)30-16-3-2-4-16/h5-8,16H,2-4,9-13H2,1H3,(H,30,35)(H,31,34). The van der Waals surface area contributed by atoms with Crippen LogP contribution in [0.15, 0.2) is 29.1 Å². The zero-order valence-corrected chi connectivity index (χ0v) is 20.1. The van der Waals surface area contributed by atoms with Gasteiger partial charge in [0.15, 0.2) is 11.6 Å². The molecule has 35 heavy (non-hydrogen) atoms. The molecule has 0 spiro atoms. The number of fused-ring (bicyclic) bond motifs is 1. The fraction of sp³-hybridized carbons (Fsp3) is 0.400. The summed E-state index contributed by atoms with van der Waals surface area (Å²) in [6, 6.07) is 6.68. The van der Waals surface area contributed by atoms with Crippen molar-refractivity contribution in [2.75, 3.05) is 31.1 Å². The maximum Gasteiger partial charge on any atom is 0.269 e. The molecule has 184 valence electrons. The van der Waals surface area contributed by atoms with Gasteiger partial charge in [0.1, 0.15) is 16.2 Å². The molecule has 0 unspecified atom stereocenters. The monoisotopic (exact) mass is 501 g/mol. The Kier molecular flexibility index (Phi) is 6.46. The van der Waals surface area contributed by atoms with E-state index in [4.69, 9.17) is 11.6 Å². The molecule has 3 aromatic rings. The number of nitrogens with zero attached hydrogens (tertiary/aromatic N) is 3. The molecule has 1 aliphatic carbocycles. The molecular formula is C25H26ClF2N5O2. The Morgan fingerprint density at radius 1 is 1.14 bits per heavy atom. The third kappa shape index (κ3) is 4.62. The van der Waals surface area contributed by atoms with Gasteiger partial charge in [-0.15, -0.1) is 0 Å². The molecule has 2 N–H and O–H groups in total. The Morgan fingerprint density at radius 3 is 2.57 bits per heavy atom. The first-order valence-corrected chi connectivity index (χ1v) is 12.1. The molecule has 5 rings (SSSR count). The zero-order valence-electron chi connectivity index (χ0n) is 19.3. The van der Waals surface area contributed by atoms with Crippen LogP contribution in [0.2, 0.25) is 5.02 Å². The minimum atomic E-state index is -0.709. The van der Waals surface area contributed by atoms with Crippen molar-refractivity contribution in [1.29, 1.82) is 0 Å². The van der Waals surface area contributed by atoms with Crippen LogP contribution in [0.1, 0.15) is 40.9 Å². The average molecular weight is 502 g/mol. The van der Waals surface area contributed by atoms with Crippen molar-refractivity contribution in [3.05, 3.63) is 68.1 Å². The molecule has 0 radical (unpaired) electrons. The lowest BCUT2D eigenvalue weighted by molar-refractivity contribution is 0.0913. The molecule has 2 heterocycles. The van der Waals surface area contributed by atoms with E-state index in [1.807, 2.05) is 4.90 Å². The molecule has 1 saturated carbocycles. The Hall–Kier alpha value is -3.04. The van der Waals surface area contributed by atoms with Gasteiger partial charge >= 0.3 is 0 Å². The lowest BCUT2D eigenvalue weighted by Crippen LogP contribution is -2.46. The summed E-state index contributed by atoms with van der Waals surface area (Å²) in [5.41, 5.74) is 1.38. The lowest BCUT2D eigenvalue weighted by atomic mass is 9.93. The van der Waals surface area contributed by atoms with E-state index in [-0.39, 0.29) is 22.1 Å². The third-order valence-electron chi connectivity index (χ3n) is 6.91. The van der Waals surface area contributed by atoms with Crippen molar-refractivity contribution in [2.45, 2.75) is 38.8 Å². The zero-order chi connectivity index (χ0) is 24.7. The summed E-state index contributed by atoms with van der Waals surface area (Å²) >= 11 is 6.33. The van der Waals surface area contributed by atoms with E-state index in [0.717, 1.165) is 19.3 Å². The van der Waals surface area contributed by atoms with E-state index in [0.29, 0.717) is 55.2 Å². The second kappa shape index (κ2) is 9.54. The third-order valence-corrected chi connectivity index (χ3v) is 7.27. The molecule has 1 aliphatic heterocycles. The first kappa shape index (κ1) is 23.7. The average Bonchev–Trinajstić information content (AvgIpc) is 2.82. The van der Waals surface area contributed by atoms with E-state index in [1.54, 1.807) is 25.1 Å². The van der Waals surface area contributed by atoms with Gasteiger partial charge in [0.2, 0.25) is 0 Å². The van der Waals surface area contributed by atoms with E-state index in [9.17, 15) is 14.0 Å². The normalized spacial score (nSPS) is 17.0. The van der Waals surface area contributed by atoms with Crippen LogP contribution in [0.3, 0.4) is 0 Å². The maximum absolute atomic E-state index is 15.0. The lowest BCUT2D eigenvalue weighted by Gasteiger charge is -2.36. The molecule has 7 nitrogen and oxygen atoms in total. The van der Waals surface area contributed by atoms with Crippen molar-refractivity contribution in [2.24, 2.45) is 0 Å². The quantitative estimate of drug-likeness (QED) is 0.556. The van der Waals surface area contributed by atoms with E-state index >= 15 is 4.39 Å².